The third kappa shape index (κ3) is 27.4. The minimum atomic E-state index is -4.49. The van der Waals surface area contributed by atoms with E-state index in [9.17, 15) is 26.4 Å². The van der Waals surface area contributed by atoms with Gasteiger partial charge in [0, 0.05) is 5.69 Å². The number of anilines is 2. The Labute approximate surface area is 379 Å². The maximum absolute atomic E-state index is 13.1. The van der Waals surface area contributed by atoms with Gasteiger partial charge in [0.2, 0.25) is 0 Å². The minimum Gasteiger partial charge on any atom is -0.460 e. The standard InChI is InChI=1S/C44H62F3NO16S/c45-44(46,47)38-7-6-8-39(37-38)48-42-12-5-4-11-41(42)43(49)63-35-33-61-31-29-59-27-25-57-23-21-55-19-17-53-15-13-52-14-16-54-18-20-56-22-24-58-26-28-60-30-32-62-34-36-64-65(50,51)40-9-2-1-3-10-40/h1-12,37,48H,13-36H2. The summed E-state index contributed by atoms with van der Waals surface area (Å²) in [6.45, 7) is 8.24. The molecule has 3 aromatic carbocycles. The molecule has 0 spiro atoms. The average Bonchev–Trinajstić information content (AvgIpc) is 3.30. The van der Waals surface area contributed by atoms with Crippen LogP contribution in [0.1, 0.15) is 15.9 Å². The van der Waals surface area contributed by atoms with Crippen LogP contribution < -0.4 is 5.32 Å². The van der Waals surface area contributed by atoms with Crippen molar-refractivity contribution in [2.75, 3.05) is 164 Å². The van der Waals surface area contributed by atoms with Gasteiger partial charge in [0.15, 0.2) is 0 Å². The maximum atomic E-state index is 13.1. The molecule has 366 valence electrons. The van der Waals surface area contributed by atoms with Gasteiger partial charge in [-0.2, -0.15) is 21.6 Å². The summed E-state index contributed by atoms with van der Waals surface area (Å²) in [7, 11) is -3.78. The van der Waals surface area contributed by atoms with Crippen LogP contribution in [0, 0.1) is 0 Å². The van der Waals surface area contributed by atoms with Crippen molar-refractivity contribution in [2.45, 2.75) is 11.1 Å². The first-order chi connectivity index (χ1) is 31.7. The summed E-state index contributed by atoms with van der Waals surface area (Å²) in [4.78, 5) is 12.7. The lowest BCUT2D eigenvalue weighted by Crippen LogP contribution is -2.16. The Hall–Kier alpha value is -3.81. The molecule has 0 saturated heterocycles. The van der Waals surface area contributed by atoms with Crippen molar-refractivity contribution in [3.8, 4) is 0 Å². The summed E-state index contributed by atoms with van der Waals surface area (Å²) < 4.78 is 133. The van der Waals surface area contributed by atoms with Crippen molar-refractivity contribution in [3.63, 3.8) is 0 Å². The van der Waals surface area contributed by atoms with Crippen molar-refractivity contribution in [3.05, 3.63) is 90.0 Å². The van der Waals surface area contributed by atoms with Crippen molar-refractivity contribution in [1.82, 2.24) is 0 Å². The van der Waals surface area contributed by atoms with E-state index in [1.807, 2.05) is 0 Å². The molecule has 0 radical (unpaired) electrons. The number of carbonyl (C=O) groups is 1. The van der Waals surface area contributed by atoms with E-state index in [4.69, 9.17) is 61.0 Å². The molecule has 1 N–H and O–H groups in total. The molecule has 3 aromatic rings. The second kappa shape index (κ2) is 35.4. The van der Waals surface area contributed by atoms with Gasteiger partial charge in [0.25, 0.3) is 10.1 Å². The zero-order valence-electron chi connectivity index (χ0n) is 36.6. The Balaban J connectivity index is 0.959. The highest BCUT2D eigenvalue weighted by Crippen LogP contribution is 2.32. The molecule has 17 nitrogen and oxygen atoms in total. The molecular weight excluding hydrogens is 888 g/mol. The fourth-order valence-corrected chi connectivity index (χ4v) is 6.04. The second-order valence-corrected chi connectivity index (χ2v) is 14.8. The number of halogens is 3. The number of carbonyl (C=O) groups excluding carboxylic acids is 1. The Kier molecular flexibility index (Phi) is 30.2. The molecule has 0 atom stereocenters. The number of para-hydroxylation sites is 1. The molecule has 0 unspecified atom stereocenters. The molecule has 3 rings (SSSR count). The molecule has 0 bridgehead atoms. The molecule has 0 aromatic heterocycles. The molecule has 0 saturated carbocycles. The Morgan fingerprint density at radius 2 is 0.815 bits per heavy atom. The number of ether oxygens (including phenoxy) is 12. The van der Waals surface area contributed by atoms with E-state index in [1.165, 1.54) is 30.3 Å². The Morgan fingerprint density at radius 1 is 0.446 bits per heavy atom. The van der Waals surface area contributed by atoms with E-state index >= 15 is 0 Å². The van der Waals surface area contributed by atoms with Crippen molar-refractivity contribution in [1.29, 1.82) is 0 Å². The lowest BCUT2D eigenvalue weighted by atomic mass is 10.1. The summed E-state index contributed by atoms with van der Waals surface area (Å²) in [5, 5.41) is 2.86. The fraction of sp³-hybridized carbons (Fsp3) is 0.568. The van der Waals surface area contributed by atoms with Gasteiger partial charge in [-0.05, 0) is 42.5 Å². The van der Waals surface area contributed by atoms with Crippen LogP contribution >= 0.6 is 0 Å². The lowest BCUT2D eigenvalue weighted by molar-refractivity contribution is -0.137. The van der Waals surface area contributed by atoms with E-state index in [-0.39, 0.29) is 49.2 Å². The summed E-state index contributed by atoms with van der Waals surface area (Å²) in [6.07, 6.45) is -4.49. The minimum absolute atomic E-state index is 0.0127. The number of hydrogen-bond acceptors (Lipinski definition) is 17. The van der Waals surface area contributed by atoms with Gasteiger partial charge >= 0.3 is 12.1 Å². The van der Waals surface area contributed by atoms with Crippen LogP contribution in [-0.4, -0.2) is 173 Å². The van der Waals surface area contributed by atoms with Gasteiger partial charge in [-0.15, -0.1) is 0 Å². The molecule has 0 aliphatic rings. The van der Waals surface area contributed by atoms with Gasteiger partial charge in [-0.1, -0.05) is 36.4 Å². The van der Waals surface area contributed by atoms with Crippen LogP contribution in [0.15, 0.2) is 83.8 Å². The summed E-state index contributed by atoms with van der Waals surface area (Å²) in [5.74, 6) is -0.637. The molecule has 0 amide bonds. The smallest absolute Gasteiger partial charge is 0.416 e. The highest BCUT2D eigenvalue weighted by molar-refractivity contribution is 7.86. The molecule has 21 heteroatoms. The first kappa shape index (κ1) is 55.5. The predicted molar refractivity (Wildman–Crippen MR) is 230 cm³/mol. The molecule has 0 aliphatic carbocycles. The number of hydrogen-bond donors (Lipinski definition) is 1. The van der Waals surface area contributed by atoms with Gasteiger partial charge in [-0.3, -0.25) is 4.18 Å². The van der Waals surface area contributed by atoms with Gasteiger partial charge < -0.3 is 62.2 Å². The van der Waals surface area contributed by atoms with Crippen LogP contribution in [-0.2, 0) is 77.3 Å². The summed E-state index contributed by atoms with van der Waals surface area (Å²) >= 11 is 0. The van der Waals surface area contributed by atoms with Crippen molar-refractivity contribution >= 4 is 27.5 Å². The van der Waals surface area contributed by atoms with E-state index in [0.717, 1.165) is 12.1 Å². The van der Waals surface area contributed by atoms with Crippen LogP contribution in [0.4, 0.5) is 24.5 Å². The van der Waals surface area contributed by atoms with Crippen molar-refractivity contribution in [2.24, 2.45) is 0 Å². The first-order valence-corrected chi connectivity index (χ1v) is 22.6. The molecule has 0 aliphatic heterocycles. The zero-order chi connectivity index (χ0) is 46.5. The van der Waals surface area contributed by atoms with E-state index < -0.39 is 27.8 Å². The van der Waals surface area contributed by atoms with E-state index in [0.29, 0.717) is 131 Å². The van der Waals surface area contributed by atoms with Crippen LogP contribution in [0.5, 0.6) is 0 Å². The number of nitrogens with one attached hydrogen (secondary N) is 1. The highest BCUT2D eigenvalue weighted by atomic mass is 32.2. The van der Waals surface area contributed by atoms with Crippen molar-refractivity contribution < 1.29 is 87.4 Å². The summed E-state index contributed by atoms with van der Waals surface area (Å²) in [6, 6.07) is 19.0. The monoisotopic (exact) mass is 949 g/mol. The zero-order valence-corrected chi connectivity index (χ0v) is 37.4. The highest BCUT2D eigenvalue weighted by Gasteiger charge is 2.30. The molecular formula is C44H62F3NO16S. The molecule has 0 heterocycles. The number of esters is 1. The SMILES string of the molecule is O=C(OCCOCCOCCOCCOCCOCCOCCOCCOCCOCCOCCOCCOS(=O)(=O)c1ccccc1)c1ccccc1Nc1cccc(C(F)(F)F)c1. The van der Waals surface area contributed by atoms with Crippen LogP contribution in [0.25, 0.3) is 0 Å². The van der Waals surface area contributed by atoms with Gasteiger partial charge in [-0.25, -0.2) is 4.79 Å². The lowest BCUT2D eigenvalue weighted by Gasteiger charge is -2.13. The predicted octanol–water partition coefficient (Wildman–Crippen LogP) is 5.19. The maximum Gasteiger partial charge on any atom is 0.416 e. The third-order valence-corrected chi connectivity index (χ3v) is 9.62. The number of benzene rings is 3. The van der Waals surface area contributed by atoms with Gasteiger partial charge in [0.05, 0.1) is 174 Å². The summed E-state index contributed by atoms with van der Waals surface area (Å²) in [5.41, 5.74) is -0.121. The molecule has 65 heavy (non-hydrogen) atoms. The van der Waals surface area contributed by atoms with Crippen LogP contribution in [0.3, 0.4) is 0 Å². The quantitative estimate of drug-likeness (QED) is 0.0445. The first-order valence-electron chi connectivity index (χ1n) is 21.2. The number of rotatable bonds is 41. The largest absolute Gasteiger partial charge is 0.460 e. The fourth-order valence-electron chi connectivity index (χ4n) is 5.13. The average molecular weight is 950 g/mol. The second-order valence-electron chi connectivity index (χ2n) is 13.2. The normalized spacial score (nSPS) is 11.9. The van der Waals surface area contributed by atoms with Gasteiger partial charge in [0.1, 0.15) is 6.61 Å². The number of alkyl halides is 3. The van der Waals surface area contributed by atoms with Crippen LogP contribution in [0.2, 0.25) is 0 Å². The van der Waals surface area contributed by atoms with E-state index in [1.54, 1.807) is 36.4 Å². The Morgan fingerprint density at radius 3 is 1.23 bits per heavy atom. The topological polar surface area (TPSA) is 183 Å². The molecule has 0 fully saturated rings. The Bertz CT molecular complexity index is 1760. The van der Waals surface area contributed by atoms with E-state index in [2.05, 4.69) is 5.32 Å². The third-order valence-electron chi connectivity index (χ3n) is 8.29.